The summed E-state index contributed by atoms with van der Waals surface area (Å²) in [6, 6.07) is 8.53. The van der Waals surface area contributed by atoms with Gasteiger partial charge in [0, 0.05) is 30.9 Å². The van der Waals surface area contributed by atoms with Crippen molar-refractivity contribution >= 4 is 11.7 Å². The summed E-state index contributed by atoms with van der Waals surface area (Å²) in [5.41, 5.74) is 0.659. The van der Waals surface area contributed by atoms with E-state index in [9.17, 15) is 9.18 Å². The number of amides is 1. The highest BCUT2D eigenvalue weighted by atomic mass is 19.1. The second kappa shape index (κ2) is 9.33. The summed E-state index contributed by atoms with van der Waals surface area (Å²) in [6.07, 6.45) is 10.8. The van der Waals surface area contributed by atoms with E-state index in [4.69, 9.17) is 0 Å². The molecular weight excluding hydrogens is 367 g/mol. The molecule has 2 aromatic rings. The fourth-order valence-corrected chi connectivity index (χ4v) is 4.43. The molecule has 2 heterocycles. The van der Waals surface area contributed by atoms with Crippen molar-refractivity contribution in [3.05, 3.63) is 42.3 Å². The molecule has 1 saturated heterocycles. The Kier molecular flexibility index (Phi) is 6.37. The summed E-state index contributed by atoms with van der Waals surface area (Å²) >= 11 is 0. The molecule has 0 radical (unpaired) electrons. The number of rotatable bonds is 4. The van der Waals surface area contributed by atoms with Crippen molar-refractivity contribution in [2.24, 2.45) is 5.92 Å². The summed E-state index contributed by atoms with van der Waals surface area (Å²) in [5, 5.41) is 3.30. The number of halogens is 1. The maximum atomic E-state index is 13.6. The van der Waals surface area contributed by atoms with Crippen molar-refractivity contribution in [1.29, 1.82) is 0 Å². The molecule has 29 heavy (non-hydrogen) atoms. The summed E-state index contributed by atoms with van der Waals surface area (Å²) in [5.74, 6) is 1.17. The number of anilines is 1. The first-order valence-electron chi connectivity index (χ1n) is 10.8. The highest BCUT2D eigenvalue weighted by molar-refractivity contribution is 5.80. The number of aromatic nitrogens is 2. The molecule has 4 rings (SSSR count). The van der Waals surface area contributed by atoms with Crippen LogP contribution in [0.15, 0.2) is 36.5 Å². The minimum atomic E-state index is -0.301. The van der Waals surface area contributed by atoms with Gasteiger partial charge in [-0.25, -0.2) is 14.4 Å². The lowest BCUT2D eigenvalue weighted by atomic mass is 9.96. The third-order valence-electron chi connectivity index (χ3n) is 6.04. The first-order chi connectivity index (χ1) is 14.2. The summed E-state index contributed by atoms with van der Waals surface area (Å²) in [7, 11) is 0. The molecule has 1 N–H and O–H groups in total. The Morgan fingerprint density at radius 1 is 1.07 bits per heavy atom. The standard InChI is InChI=1S/C23H29FN4O/c24-19-9-5-7-17(15-19)22-25-13-12-21(27-22)28-14-6-8-18(16-28)23(29)26-20-10-3-1-2-4-11-20/h5,7,9,12-13,15,18,20H,1-4,6,8,10-11,14,16H2,(H,26,29)/t18-/m0/s1. The maximum absolute atomic E-state index is 13.6. The highest BCUT2D eigenvalue weighted by Crippen LogP contribution is 2.25. The number of hydrogen-bond donors (Lipinski definition) is 1. The van der Waals surface area contributed by atoms with Crippen LogP contribution in [0.25, 0.3) is 11.4 Å². The third kappa shape index (κ3) is 5.11. The molecule has 2 aliphatic rings. The average Bonchev–Trinajstić information content (AvgIpc) is 3.03. The van der Waals surface area contributed by atoms with Gasteiger partial charge in [0.2, 0.25) is 5.91 Å². The van der Waals surface area contributed by atoms with Crippen molar-refractivity contribution in [3.63, 3.8) is 0 Å². The summed E-state index contributed by atoms with van der Waals surface area (Å²) in [6.45, 7) is 1.53. The van der Waals surface area contributed by atoms with Crippen molar-refractivity contribution < 1.29 is 9.18 Å². The number of hydrogen-bond acceptors (Lipinski definition) is 4. The monoisotopic (exact) mass is 396 g/mol. The Bertz CT molecular complexity index is 835. The molecular formula is C23H29FN4O. The van der Waals surface area contributed by atoms with Crippen LogP contribution in [-0.2, 0) is 4.79 Å². The van der Waals surface area contributed by atoms with Gasteiger partial charge in [-0.1, -0.05) is 37.8 Å². The maximum Gasteiger partial charge on any atom is 0.225 e. The van der Waals surface area contributed by atoms with E-state index in [-0.39, 0.29) is 17.6 Å². The lowest BCUT2D eigenvalue weighted by molar-refractivity contribution is -0.126. The Morgan fingerprint density at radius 2 is 1.90 bits per heavy atom. The van der Waals surface area contributed by atoms with Crippen LogP contribution in [-0.4, -0.2) is 35.0 Å². The van der Waals surface area contributed by atoms with E-state index in [0.717, 1.165) is 38.0 Å². The van der Waals surface area contributed by atoms with E-state index in [1.165, 1.54) is 37.8 Å². The van der Waals surface area contributed by atoms with Gasteiger partial charge < -0.3 is 10.2 Å². The Hall–Kier alpha value is -2.50. The van der Waals surface area contributed by atoms with Gasteiger partial charge in [0.25, 0.3) is 0 Å². The number of nitrogens with zero attached hydrogens (tertiary/aromatic N) is 3. The minimum absolute atomic E-state index is 0.0143. The van der Waals surface area contributed by atoms with Crippen molar-refractivity contribution in [2.75, 3.05) is 18.0 Å². The second-order valence-electron chi connectivity index (χ2n) is 8.23. The first kappa shape index (κ1) is 19.8. The number of piperidine rings is 1. The van der Waals surface area contributed by atoms with Crippen LogP contribution in [0.2, 0.25) is 0 Å². The van der Waals surface area contributed by atoms with Crippen LogP contribution >= 0.6 is 0 Å². The van der Waals surface area contributed by atoms with E-state index in [0.29, 0.717) is 24.0 Å². The number of benzene rings is 1. The van der Waals surface area contributed by atoms with Crippen molar-refractivity contribution in [1.82, 2.24) is 15.3 Å². The predicted octanol–water partition coefficient (Wildman–Crippen LogP) is 4.34. The zero-order valence-electron chi connectivity index (χ0n) is 16.8. The van der Waals surface area contributed by atoms with Gasteiger partial charge in [0.05, 0.1) is 5.92 Å². The van der Waals surface area contributed by atoms with Gasteiger partial charge in [0.15, 0.2) is 5.82 Å². The van der Waals surface area contributed by atoms with Crippen LogP contribution in [0.5, 0.6) is 0 Å². The van der Waals surface area contributed by atoms with Crippen LogP contribution < -0.4 is 10.2 Å². The molecule has 1 aliphatic heterocycles. The van der Waals surface area contributed by atoms with E-state index in [1.807, 2.05) is 6.07 Å². The molecule has 1 atom stereocenters. The molecule has 6 heteroatoms. The molecule has 5 nitrogen and oxygen atoms in total. The lowest BCUT2D eigenvalue weighted by Crippen LogP contribution is -2.46. The molecule has 1 aromatic heterocycles. The molecule has 1 saturated carbocycles. The summed E-state index contributed by atoms with van der Waals surface area (Å²) in [4.78, 5) is 24.0. The Labute approximate surface area is 171 Å². The van der Waals surface area contributed by atoms with E-state index in [1.54, 1.807) is 18.3 Å². The molecule has 0 bridgehead atoms. The molecule has 1 amide bonds. The minimum Gasteiger partial charge on any atom is -0.356 e. The fraction of sp³-hybridized carbons (Fsp3) is 0.522. The van der Waals surface area contributed by atoms with Gasteiger partial charge in [0.1, 0.15) is 11.6 Å². The smallest absolute Gasteiger partial charge is 0.225 e. The highest BCUT2D eigenvalue weighted by Gasteiger charge is 2.28. The first-order valence-corrected chi connectivity index (χ1v) is 10.8. The average molecular weight is 397 g/mol. The third-order valence-corrected chi connectivity index (χ3v) is 6.04. The van der Waals surface area contributed by atoms with Gasteiger partial charge in [-0.2, -0.15) is 0 Å². The molecule has 0 unspecified atom stereocenters. The molecule has 154 valence electrons. The molecule has 0 spiro atoms. The summed E-state index contributed by atoms with van der Waals surface area (Å²) < 4.78 is 13.6. The largest absolute Gasteiger partial charge is 0.356 e. The second-order valence-corrected chi connectivity index (χ2v) is 8.23. The Morgan fingerprint density at radius 3 is 2.69 bits per heavy atom. The fourth-order valence-electron chi connectivity index (χ4n) is 4.43. The van der Waals surface area contributed by atoms with Gasteiger partial charge in [-0.15, -0.1) is 0 Å². The molecule has 1 aromatic carbocycles. The van der Waals surface area contributed by atoms with Crippen LogP contribution in [0.3, 0.4) is 0 Å². The molecule has 2 fully saturated rings. The zero-order valence-corrected chi connectivity index (χ0v) is 16.8. The molecule has 1 aliphatic carbocycles. The van der Waals surface area contributed by atoms with E-state index < -0.39 is 0 Å². The normalized spacial score (nSPS) is 20.9. The van der Waals surface area contributed by atoms with Gasteiger partial charge in [-0.05, 0) is 43.9 Å². The number of carbonyl (C=O) groups excluding carboxylic acids is 1. The van der Waals surface area contributed by atoms with Crippen molar-refractivity contribution in [3.8, 4) is 11.4 Å². The number of nitrogens with one attached hydrogen (secondary N) is 1. The van der Waals surface area contributed by atoms with E-state index in [2.05, 4.69) is 20.2 Å². The quantitative estimate of drug-likeness (QED) is 0.781. The van der Waals surface area contributed by atoms with Crippen LogP contribution in [0.1, 0.15) is 51.4 Å². The number of carbonyl (C=O) groups is 1. The Balaban J connectivity index is 1.43. The topological polar surface area (TPSA) is 58.1 Å². The van der Waals surface area contributed by atoms with E-state index >= 15 is 0 Å². The predicted molar refractivity (Wildman–Crippen MR) is 112 cm³/mol. The van der Waals surface area contributed by atoms with Crippen LogP contribution in [0, 0.1) is 11.7 Å². The lowest BCUT2D eigenvalue weighted by Gasteiger charge is -2.33. The van der Waals surface area contributed by atoms with Gasteiger partial charge >= 0.3 is 0 Å². The SMILES string of the molecule is O=C(NC1CCCCCC1)[C@H]1CCCN(c2ccnc(-c3cccc(F)c3)n2)C1. The van der Waals surface area contributed by atoms with Crippen molar-refractivity contribution in [2.45, 2.75) is 57.4 Å². The van der Waals surface area contributed by atoms with Gasteiger partial charge in [-0.3, -0.25) is 4.79 Å². The zero-order chi connectivity index (χ0) is 20.1. The van der Waals surface area contributed by atoms with Crippen LogP contribution in [0.4, 0.5) is 10.2 Å².